The minimum absolute atomic E-state index is 0.0162. The minimum atomic E-state index is -2.00. The Labute approximate surface area is 96.1 Å². The van der Waals surface area contributed by atoms with E-state index >= 15 is 0 Å². The maximum absolute atomic E-state index is 10.6. The summed E-state index contributed by atoms with van der Waals surface area (Å²) in [7, 11) is -0.851. The van der Waals surface area contributed by atoms with Crippen LogP contribution >= 0.6 is 0 Å². The highest BCUT2D eigenvalue weighted by molar-refractivity contribution is 5.48. The van der Waals surface area contributed by atoms with E-state index in [4.69, 9.17) is 22.1 Å². The van der Waals surface area contributed by atoms with Gasteiger partial charge in [0.15, 0.2) is 5.72 Å². The molecule has 3 N–H and O–H groups in total. The summed E-state index contributed by atoms with van der Waals surface area (Å²) in [5, 5.41) is 21.6. The minimum Gasteiger partial charge on any atom is -0.393 e. The van der Waals surface area contributed by atoms with Gasteiger partial charge in [0.05, 0.1) is 16.0 Å². The van der Waals surface area contributed by atoms with Gasteiger partial charge < -0.3 is 29.7 Å². The number of rotatable bonds is 5. The van der Waals surface area contributed by atoms with Gasteiger partial charge in [-0.3, -0.25) is 4.79 Å². The molecule has 4 atom stereocenters. The summed E-state index contributed by atoms with van der Waals surface area (Å²) in [6.45, 7) is -0.555. The maximum atomic E-state index is 10.6. The fourth-order valence-electron chi connectivity index (χ4n) is 1.72. The van der Waals surface area contributed by atoms with Gasteiger partial charge >= 0.3 is 0 Å². The third-order valence-corrected chi connectivity index (χ3v) is 2.57. The summed E-state index contributed by atoms with van der Waals surface area (Å²) in [4.78, 5) is 10.6. The molecule has 1 fully saturated rings. The van der Waals surface area contributed by atoms with E-state index in [1.54, 1.807) is 0 Å². The first kappa shape index (κ1) is 10.4. The average Bonchev–Trinajstić information content (AvgIpc) is 2.34. The second-order valence-corrected chi connectivity index (χ2v) is 3.38. The van der Waals surface area contributed by atoms with E-state index in [2.05, 4.69) is 5.32 Å². The van der Waals surface area contributed by atoms with Crippen LogP contribution in [-0.2, 0) is 19.0 Å². The first-order chi connectivity index (χ1) is 8.63. The standard InChI is InChI=1S/C9H17NO6/c1-14-6-4-16-7(3-11)9(13,10-5-12)8(6)15-2/h5-8,11,13H,3-4H2,1-2H3,(H,10,12)/t6-,7-,8-,9-/m1/s1/i1D,2D. The second-order valence-electron chi connectivity index (χ2n) is 3.38. The van der Waals surface area contributed by atoms with Crippen LogP contribution in [0.5, 0.6) is 0 Å². The van der Waals surface area contributed by atoms with E-state index < -0.39 is 37.7 Å². The van der Waals surface area contributed by atoms with E-state index in [0.717, 1.165) is 0 Å². The van der Waals surface area contributed by atoms with E-state index in [1.165, 1.54) is 0 Å². The molecule has 0 unspecified atom stereocenters. The monoisotopic (exact) mass is 237 g/mol. The Morgan fingerprint density at radius 1 is 1.69 bits per heavy atom. The third-order valence-electron chi connectivity index (χ3n) is 2.57. The molecule has 16 heavy (non-hydrogen) atoms. The van der Waals surface area contributed by atoms with Crippen molar-refractivity contribution in [2.24, 2.45) is 0 Å². The Bertz CT molecular complexity index is 271. The fourth-order valence-corrected chi connectivity index (χ4v) is 1.72. The van der Waals surface area contributed by atoms with E-state index in [-0.39, 0.29) is 20.1 Å². The number of ether oxygens (including phenoxy) is 3. The topological polar surface area (TPSA) is 97.2 Å². The molecule has 0 aromatic carbocycles. The van der Waals surface area contributed by atoms with Gasteiger partial charge in [-0.2, -0.15) is 0 Å². The lowest BCUT2D eigenvalue weighted by atomic mass is 9.93. The van der Waals surface area contributed by atoms with Crippen molar-refractivity contribution in [1.29, 1.82) is 0 Å². The van der Waals surface area contributed by atoms with Crippen molar-refractivity contribution in [3.8, 4) is 0 Å². The van der Waals surface area contributed by atoms with Gasteiger partial charge in [0.25, 0.3) is 0 Å². The predicted molar refractivity (Wildman–Crippen MR) is 52.6 cm³/mol. The van der Waals surface area contributed by atoms with E-state index in [1.807, 2.05) is 0 Å². The lowest BCUT2D eigenvalue weighted by Gasteiger charge is -2.46. The van der Waals surface area contributed by atoms with E-state index in [9.17, 15) is 9.90 Å². The van der Waals surface area contributed by atoms with Crippen LogP contribution in [0.2, 0.25) is 0 Å². The largest absolute Gasteiger partial charge is 0.393 e. The maximum Gasteiger partial charge on any atom is 0.209 e. The molecule has 7 heteroatoms. The molecular weight excluding hydrogens is 218 g/mol. The number of methoxy groups -OCH3 is 2. The molecule has 1 amide bonds. The molecule has 1 rings (SSSR count). The Hall–Kier alpha value is -0.730. The molecule has 1 heterocycles. The highest BCUT2D eigenvalue weighted by Crippen LogP contribution is 2.27. The van der Waals surface area contributed by atoms with Crippen molar-refractivity contribution in [2.75, 3.05) is 27.4 Å². The summed E-state index contributed by atoms with van der Waals surface area (Å²) < 4.78 is 29.3. The zero-order valence-electron chi connectivity index (χ0n) is 10.7. The number of nitrogens with one attached hydrogen (secondary N) is 1. The van der Waals surface area contributed by atoms with Crippen LogP contribution in [0.15, 0.2) is 0 Å². The number of hydrogen-bond donors (Lipinski definition) is 3. The molecule has 7 nitrogen and oxygen atoms in total. The van der Waals surface area contributed by atoms with Crippen molar-refractivity contribution in [2.45, 2.75) is 24.0 Å². The van der Waals surface area contributed by atoms with Crippen molar-refractivity contribution in [3.05, 3.63) is 0 Å². The number of amides is 1. The Morgan fingerprint density at radius 2 is 2.44 bits per heavy atom. The Kier molecular flexibility index (Phi) is 3.62. The van der Waals surface area contributed by atoms with Crippen molar-refractivity contribution < 1.29 is 32.0 Å². The van der Waals surface area contributed by atoms with Crippen LogP contribution in [0.4, 0.5) is 0 Å². The molecule has 1 saturated heterocycles. The number of carbonyl (C=O) groups excluding carboxylic acids is 1. The zero-order chi connectivity index (χ0) is 13.6. The summed E-state index contributed by atoms with van der Waals surface area (Å²) in [5.74, 6) is 0. The number of carbonyl (C=O) groups is 1. The molecule has 0 bridgehead atoms. The van der Waals surface area contributed by atoms with Crippen LogP contribution in [0, 0.1) is 0 Å². The zero-order valence-corrected chi connectivity index (χ0v) is 8.67. The van der Waals surface area contributed by atoms with E-state index in [0.29, 0.717) is 0 Å². The predicted octanol–water partition coefficient (Wildman–Crippen LogP) is -2.16. The SMILES string of the molecule is [2H]CO[C@@H]1[C@H](OC[2H])CO[C@H](CO)[C@]1(O)NC=O. The van der Waals surface area contributed by atoms with Crippen molar-refractivity contribution in [3.63, 3.8) is 0 Å². The highest BCUT2D eigenvalue weighted by atomic mass is 16.6. The molecular formula is C9H17NO6. The molecule has 0 spiro atoms. The lowest BCUT2D eigenvalue weighted by molar-refractivity contribution is -0.268. The molecule has 0 aromatic rings. The van der Waals surface area contributed by atoms with Crippen molar-refractivity contribution >= 4 is 6.41 Å². The highest BCUT2D eigenvalue weighted by Gasteiger charge is 2.52. The molecule has 0 aliphatic carbocycles. The summed E-state index contributed by atoms with van der Waals surface area (Å²) in [6.07, 6.45) is -2.76. The Morgan fingerprint density at radius 3 is 3.00 bits per heavy atom. The van der Waals surface area contributed by atoms with Crippen LogP contribution in [0.25, 0.3) is 0 Å². The van der Waals surface area contributed by atoms with Crippen LogP contribution in [0.3, 0.4) is 0 Å². The number of aliphatic hydroxyl groups is 2. The van der Waals surface area contributed by atoms with Crippen LogP contribution < -0.4 is 5.32 Å². The number of aliphatic hydroxyl groups excluding tert-OH is 1. The Balaban J connectivity index is 2.94. The quantitative estimate of drug-likeness (QED) is 0.372. The first-order valence-corrected chi connectivity index (χ1v) is 4.61. The van der Waals surface area contributed by atoms with Gasteiger partial charge in [0, 0.05) is 14.2 Å². The van der Waals surface area contributed by atoms with Gasteiger partial charge in [-0.15, -0.1) is 0 Å². The average molecular weight is 237 g/mol. The van der Waals surface area contributed by atoms with Crippen LogP contribution in [0.1, 0.15) is 2.74 Å². The van der Waals surface area contributed by atoms with Gasteiger partial charge in [-0.1, -0.05) is 0 Å². The van der Waals surface area contributed by atoms with Gasteiger partial charge in [0.2, 0.25) is 6.41 Å². The first-order valence-electron chi connectivity index (χ1n) is 6.03. The second kappa shape index (κ2) is 5.55. The molecule has 0 saturated carbocycles. The van der Waals surface area contributed by atoms with Crippen LogP contribution in [-0.4, -0.2) is 68.0 Å². The smallest absolute Gasteiger partial charge is 0.209 e. The molecule has 0 aromatic heterocycles. The molecule has 0 radical (unpaired) electrons. The normalized spacial score (nSPS) is 41.0. The van der Waals surface area contributed by atoms with Gasteiger partial charge in [0.1, 0.15) is 18.3 Å². The summed E-state index contributed by atoms with van der Waals surface area (Å²) in [6, 6.07) is 0. The molecule has 1 aliphatic rings. The lowest BCUT2D eigenvalue weighted by Crippen LogP contribution is -2.71. The third kappa shape index (κ3) is 2.18. The molecule has 1 aliphatic heterocycles. The van der Waals surface area contributed by atoms with Crippen molar-refractivity contribution in [1.82, 2.24) is 5.32 Å². The molecule has 94 valence electrons. The number of hydrogen-bond acceptors (Lipinski definition) is 6. The summed E-state index contributed by atoms with van der Waals surface area (Å²) >= 11 is 0. The van der Waals surface area contributed by atoms with Gasteiger partial charge in [-0.05, 0) is 0 Å². The summed E-state index contributed by atoms with van der Waals surface area (Å²) in [5.41, 5.74) is -2.00. The van der Waals surface area contributed by atoms with Gasteiger partial charge in [-0.25, -0.2) is 0 Å². The fraction of sp³-hybridized carbons (Fsp3) is 0.889.